The second-order valence-electron chi connectivity index (χ2n) is 5.40. The molecule has 1 fully saturated rings. The SMILES string of the molecule is Cc1nc2c(c(N(C)C3CCOCC3)n1)CNCC2. The van der Waals surface area contributed by atoms with Gasteiger partial charge in [0.15, 0.2) is 0 Å². The number of aromatic nitrogens is 2. The van der Waals surface area contributed by atoms with Crippen LogP contribution >= 0.6 is 0 Å². The van der Waals surface area contributed by atoms with Gasteiger partial charge in [0.2, 0.25) is 0 Å². The number of nitrogens with one attached hydrogen (secondary N) is 1. The molecule has 19 heavy (non-hydrogen) atoms. The van der Waals surface area contributed by atoms with Crippen molar-refractivity contribution in [3.63, 3.8) is 0 Å². The van der Waals surface area contributed by atoms with Gasteiger partial charge < -0.3 is 15.0 Å². The fourth-order valence-corrected chi connectivity index (χ4v) is 2.98. The summed E-state index contributed by atoms with van der Waals surface area (Å²) in [4.78, 5) is 11.6. The highest BCUT2D eigenvalue weighted by Crippen LogP contribution is 2.26. The van der Waals surface area contributed by atoms with Gasteiger partial charge in [-0.25, -0.2) is 9.97 Å². The van der Waals surface area contributed by atoms with E-state index in [1.807, 2.05) is 6.92 Å². The molecule has 0 saturated carbocycles. The first kappa shape index (κ1) is 12.8. The molecule has 0 amide bonds. The van der Waals surface area contributed by atoms with Crippen molar-refractivity contribution in [2.24, 2.45) is 0 Å². The summed E-state index contributed by atoms with van der Waals surface area (Å²) in [5, 5.41) is 3.43. The summed E-state index contributed by atoms with van der Waals surface area (Å²) in [5.41, 5.74) is 2.51. The lowest BCUT2D eigenvalue weighted by molar-refractivity contribution is 0.0853. The quantitative estimate of drug-likeness (QED) is 0.863. The van der Waals surface area contributed by atoms with E-state index in [4.69, 9.17) is 9.72 Å². The Morgan fingerprint density at radius 2 is 2.05 bits per heavy atom. The predicted octanol–water partition coefficient (Wildman–Crippen LogP) is 1.05. The number of rotatable bonds is 2. The van der Waals surface area contributed by atoms with Crippen molar-refractivity contribution in [3.05, 3.63) is 17.1 Å². The topological polar surface area (TPSA) is 50.3 Å². The molecule has 5 nitrogen and oxygen atoms in total. The zero-order valence-electron chi connectivity index (χ0n) is 11.8. The fraction of sp³-hybridized carbons (Fsp3) is 0.714. The summed E-state index contributed by atoms with van der Waals surface area (Å²) in [7, 11) is 2.16. The number of ether oxygens (including phenoxy) is 1. The Hall–Kier alpha value is -1.20. The van der Waals surface area contributed by atoms with Gasteiger partial charge in [0.1, 0.15) is 11.6 Å². The maximum absolute atomic E-state index is 5.45. The molecule has 1 aromatic rings. The van der Waals surface area contributed by atoms with Crippen LogP contribution in [0.1, 0.15) is 29.9 Å². The number of aryl methyl sites for hydroxylation is 1. The van der Waals surface area contributed by atoms with Crippen molar-refractivity contribution in [1.29, 1.82) is 0 Å². The molecule has 0 atom stereocenters. The number of anilines is 1. The van der Waals surface area contributed by atoms with Gasteiger partial charge in [0, 0.05) is 51.4 Å². The van der Waals surface area contributed by atoms with Crippen LogP contribution in [0.25, 0.3) is 0 Å². The minimum atomic E-state index is 0.536. The van der Waals surface area contributed by atoms with E-state index in [1.54, 1.807) is 0 Å². The van der Waals surface area contributed by atoms with E-state index in [0.717, 1.165) is 57.2 Å². The molecule has 1 N–H and O–H groups in total. The highest BCUT2D eigenvalue weighted by molar-refractivity contribution is 5.50. The second-order valence-corrected chi connectivity index (χ2v) is 5.40. The molecule has 3 rings (SSSR count). The maximum atomic E-state index is 5.45. The average Bonchev–Trinajstić information content (AvgIpc) is 2.46. The van der Waals surface area contributed by atoms with Crippen molar-refractivity contribution < 1.29 is 4.74 Å². The third kappa shape index (κ3) is 2.58. The Labute approximate surface area is 114 Å². The zero-order valence-corrected chi connectivity index (χ0v) is 11.8. The van der Waals surface area contributed by atoms with E-state index in [2.05, 4.69) is 22.2 Å². The van der Waals surface area contributed by atoms with E-state index < -0.39 is 0 Å². The van der Waals surface area contributed by atoms with Gasteiger partial charge in [-0.05, 0) is 19.8 Å². The summed E-state index contributed by atoms with van der Waals surface area (Å²) >= 11 is 0. The summed E-state index contributed by atoms with van der Waals surface area (Å²) in [6, 6.07) is 0.536. The largest absolute Gasteiger partial charge is 0.381 e. The van der Waals surface area contributed by atoms with Gasteiger partial charge in [-0.1, -0.05) is 0 Å². The molecule has 0 aromatic carbocycles. The summed E-state index contributed by atoms with van der Waals surface area (Å²) in [6.07, 6.45) is 3.18. The number of hydrogen-bond acceptors (Lipinski definition) is 5. The second kappa shape index (κ2) is 5.43. The molecule has 3 heterocycles. The molecule has 1 saturated heterocycles. The summed E-state index contributed by atoms with van der Waals surface area (Å²) in [5.74, 6) is 2.00. The minimum Gasteiger partial charge on any atom is -0.381 e. The molecular formula is C14H22N4O. The predicted molar refractivity (Wildman–Crippen MR) is 74.4 cm³/mol. The number of nitrogens with zero attached hydrogens (tertiary/aromatic N) is 3. The Morgan fingerprint density at radius 3 is 2.84 bits per heavy atom. The lowest BCUT2D eigenvalue weighted by Crippen LogP contribution is -2.39. The molecule has 0 bridgehead atoms. The highest BCUT2D eigenvalue weighted by Gasteiger charge is 2.24. The van der Waals surface area contributed by atoms with Gasteiger partial charge in [-0.3, -0.25) is 0 Å². The number of fused-ring (bicyclic) bond motifs is 1. The molecule has 2 aliphatic rings. The van der Waals surface area contributed by atoms with Crippen molar-refractivity contribution in [2.75, 3.05) is 31.7 Å². The standard InChI is InChI=1S/C14H22N4O/c1-10-16-13-3-6-15-9-12(13)14(17-10)18(2)11-4-7-19-8-5-11/h11,15H,3-9H2,1-2H3. The average molecular weight is 262 g/mol. The van der Waals surface area contributed by atoms with Crippen molar-refractivity contribution in [1.82, 2.24) is 15.3 Å². The fourth-order valence-electron chi connectivity index (χ4n) is 2.98. The Kier molecular flexibility index (Phi) is 3.66. The van der Waals surface area contributed by atoms with Crippen LogP contribution in [0, 0.1) is 6.92 Å². The van der Waals surface area contributed by atoms with Gasteiger partial charge in [-0.2, -0.15) is 0 Å². The molecule has 104 valence electrons. The monoisotopic (exact) mass is 262 g/mol. The molecule has 0 radical (unpaired) electrons. The first-order valence-corrected chi connectivity index (χ1v) is 7.13. The first-order chi connectivity index (χ1) is 9.25. The lowest BCUT2D eigenvalue weighted by atomic mass is 10.0. The molecule has 0 unspecified atom stereocenters. The molecule has 2 aliphatic heterocycles. The van der Waals surface area contributed by atoms with E-state index in [-0.39, 0.29) is 0 Å². The summed E-state index contributed by atoms with van der Waals surface area (Å²) < 4.78 is 5.45. The van der Waals surface area contributed by atoms with Crippen LogP contribution in [0.3, 0.4) is 0 Å². The van der Waals surface area contributed by atoms with Crippen LogP contribution in [-0.4, -0.2) is 42.8 Å². The Morgan fingerprint density at radius 1 is 1.26 bits per heavy atom. The molecule has 0 aliphatic carbocycles. The molecular weight excluding hydrogens is 240 g/mol. The molecule has 1 aromatic heterocycles. The van der Waals surface area contributed by atoms with Crippen molar-refractivity contribution in [3.8, 4) is 0 Å². The van der Waals surface area contributed by atoms with Gasteiger partial charge in [-0.15, -0.1) is 0 Å². The lowest BCUT2D eigenvalue weighted by Gasteiger charge is -2.34. The van der Waals surface area contributed by atoms with Crippen molar-refractivity contribution in [2.45, 2.75) is 38.8 Å². The minimum absolute atomic E-state index is 0.536. The van der Waals surface area contributed by atoms with Gasteiger partial charge in [0.05, 0.1) is 5.69 Å². The van der Waals surface area contributed by atoms with Gasteiger partial charge in [0.25, 0.3) is 0 Å². The Bertz CT molecular complexity index is 457. The molecule has 0 spiro atoms. The zero-order chi connectivity index (χ0) is 13.2. The normalized spacial score (nSPS) is 20.1. The smallest absolute Gasteiger partial charge is 0.137 e. The van der Waals surface area contributed by atoms with Crippen LogP contribution in [-0.2, 0) is 17.7 Å². The van der Waals surface area contributed by atoms with Crippen molar-refractivity contribution >= 4 is 5.82 Å². The highest BCUT2D eigenvalue weighted by atomic mass is 16.5. The van der Waals surface area contributed by atoms with Gasteiger partial charge >= 0.3 is 0 Å². The van der Waals surface area contributed by atoms with E-state index >= 15 is 0 Å². The van der Waals surface area contributed by atoms with Crippen LogP contribution in [0.2, 0.25) is 0 Å². The Balaban J connectivity index is 1.92. The van der Waals surface area contributed by atoms with E-state index in [9.17, 15) is 0 Å². The third-order valence-corrected chi connectivity index (χ3v) is 4.10. The third-order valence-electron chi connectivity index (χ3n) is 4.10. The number of hydrogen-bond donors (Lipinski definition) is 1. The van der Waals surface area contributed by atoms with Crippen LogP contribution in [0.5, 0.6) is 0 Å². The van der Waals surface area contributed by atoms with E-state index in [0.29, 0.717) is 6.04 Å². The maximum Gasteiger partial charge on any atom is 0.137 e. The first-order valence-electron chi connectivity index (χ1n) is 7.13. The summed E-state index contributed by atoms with van der Waals surface area (Å²) in [6.45, 7) is 5.62. The van der Waals surface area contributed by atoms with Crippen LogP contribution in [0.4, 0.5) is 5.82 Å². The van der Waals surface area contributed by atoms with Crippen LogP contribution in [0.15, 0.2) is 0 Å². The molecule has 5 heteroatoms. The van der Waals surface area contributed by atoms with Crippen LogP contribution < -0.4 is 10.2 Å². The van der Waals surface area contributed by atoms with E-state index in [1.165, 1.54) is 11.3 Å².